The number of aromatic nitrogens is 3. The zero-order valence-electron chi connectivity index (χ0n) is 12.0. The van der Waals surface area contributed by atoms with Gasteiger partial charge in [-0.3, -0.25) is 0 Å². The first kappa shape index (κ1) is 14.3. The summed E-state index contributed by atoms with van der Waals surface area (Å²) < 4.78 is 12.2. The van der Waals surface area contributed by atoms with E-state index in [1.807, 2.05) is 18.2 Å². The summed E-state index contributed by atoms with van der Waals surface area (Å²) in [5.41, 5.74) is 2.36. The monoisotopic (exact) mass is 277 g/mol. The van der Waals surface area contributed by atoms with Gasteiger partial charge in [0.05, 0.1) is 32.2 Å². The summed E-state index contributed by atoms with van der Waals surface area (Å²) in [5.74, 6) is 1.30. The minimum Gasteiger partial charge on any atom is -0.493 e. The lowest BCUT2D eigenvalue weighted by Crippen LogP contribution is -2.04. The minimum absolute atomic E-state index is 0.109. The summed E-state index contributed by atoms with van der Waals surface area (Å²) in [4.78, 5) is 0. The molecule has 0 fully saturated rings. The smallest absolute Gasteiger partial charge is 0.162 e. The number of hydrogen-bond donors (Lipinski definition) is 1. The molecule has 1 N–H and O–H groups in total. The van der Waals surface area contributed by atoms with Gasteiger partial charge in [0.15, 0.2) is 11.5 Å². The first-order valence-electron chi connectivity index (χ1n) is 6.51. The Morgan fingerprint density at radius 3 is 2.55 bits per heavy atom. The standard InChI is InChI=1S/C14H19N3O3/c1-4-5-12-11(9-18)15-16-17(12)10-6-7-13(19-2)14(8-10)20-3/h6-8,18H,4-5,9H2,1-3H3. The van der Waals surface area contributed by atoms with Gasteiger partial charge >= 0.3 is 0 Å². The van der Waals surface area contributed by atoms with Crippen LogP contribution in [0, 0.1) is 0 Å². The first-order chi connectivity index (χ1) is 9.74. The first-order valence-corrected chi connectivity index (χ1v) is 6.51. The Labute approximate surface area is 117 Å². The number of nitrogens with zero attached hydrogens (tertiary/aromatic N) is 3. The molecule has 0 aliphatic rings. The third kappa shape index (κ3) is 2.60. The summed E-state index contributed by atoms with van der Waals surface area (Å²) in [5, 5.41) is 17.5. The number of hydrogen-bond acceptors (Lipinski definition) is 5. The molecule has 0 aliphatic carbocycles. The molecule has 1 heterocycles. The van der Waals surface area contributed by atoms with Gasteiger partial charge in [0.1, 0.15) is 5.69 Å². The van der Waals surface area contributed by atoms with E-state index in [0.717, 1.165) is 24.2 Å². The van der Waals surface area contributed by atoms with E-state index >= 15 is 0 Å². The van der Waals surface area contributed by atoms with E-state index < -0.39 is 0 Å². The highest BCUT2D eigenvalue weighted by Gasteiger charge is 2.14. The quantitative estimate of drug-likeness (QED) is 0.870. The predicted molar refractivity (Wildman–Crippen MR) is 74.4 cm³/mol. The van der Waals surface area contributed by atoms with Gasteiger partial charge < -0.3 is 14.6 Å². The van der Waals surface area contributed by atoms with E-state index in [1.165, 1.54) is 0 Å². The van der Waals surface area contributed by atoms with E-state index in [-0.39, 0.29) is 6.61 Å². The number of aliphatic hydroxyl groups is 1. The van der Waals surface area contributed by atoms with Gasteiger partial charge in [-0.15, -0.1) is 5.10 Å². The summed E-state index contributed by atoms with van der Waals surface area (Å²) >= 11 is 0. The van der Waals surface area contributed by atoms with Crippen LogP contribution in [0.5, 0.6) is 11.5 Å². The Hall–Kier alpha value is -2.08. The fourth-order valence-electron chi connectivity index (χ4n) is 2.11. The zero-order chi connectivity index (χ0) is 14.5. The molecule has 1 aromatic heterocycles. The van der Waals surface area contributed by atoms with E-state index in [4.69, 9.17) is 9.47 Å². The van der Waals surface area contributed by atoms with Crippen molar-refractivity contribution in [3.8, 4) is 17.2 Å². The van der Waals surface area contributed by atoms with Crippen LogP contribution in [0.1, 0.15) is 24.7 Å². The molecule has 2 rings (SSSR count). The van der Waals surface area contributed by atoms with E-state index in [0.29, 0.717) is 17.2 Å². The van der Waals surface area contributed by atoms with Crippen molar-refractivity contribution in [2.45, 2.75) is 26.4 Å². The predicted octanol–water partition coefficient (Wildman–Crippen LogP) is 1.73. The number of rotatable bonds is 6. The summed E-state index contributed by atoms with van der Waals surface area (Å²) in [6.45, 7) is 1.97. The Balaban J connectivity index is 2.48. The lowest BCUT2D eigenvalue weighted by atomic mass is 10.2. The van der Waals surface area contributed by atoms with E-state index in [1.54, 1.807) is 18.9 Å². The molecule has 0 saturated heterocycles. The van der Waals surface area contributed by atoms with Crippen molar-refractivity contribution < 1.29 is 14.6 Å². The minimum atomic E-state index is -0.109. The zero-order valence-corrected chi connectivity index (χ0v) is 12.0. The fraction of sp³-hybridized carbons (Fsp3) is 0.429. The number of ether oxygens (including phenoxy) is 2. The molecule has 0 saturated carbocycles. The molecule has 0 spiro atoms. The summed E-state index contributed by atoms with van der Waals surface area (Å²) in [6.07, 6.45) is 1.75. The SMILES string of the molecule is CCCc1c(CO)nnn1-c1ccc(OC)c(OC)c1. The Morgan fingerprint density at radius 1 is 1.20 bits per heavy atom. The molecule has 1 aromatic carbocycles. The molecule has 6 heteroatoms. The second kappa shape index (κ2) is 6.38. The van der Waals surface area contributed by atoms with Crippen molar-refractivity contribution in [3.63, 3.8) is 0 Å². The van der Waals surface area contributed by atoms with Crippen LogP contribution in [-0.2, 0) is 13.0 Å². The summed E-state index contributed by atoms with van der Waals surface area (Å²) in [6, 6.07) is 5.55. The topological polar surface area (TPSA) is 69.4 Å². The van der Waals surface area contributed by atoms with Crippen molar-refractivity contribution in [3.05, 3.63) is 29.6 Å². The Kier molecular flexibility index (Phi) is 4.57. The van der Waals surface area contributed by atoms with Crippen LogP contribution < -0.4 is 9.47 Å². The molecule has 0 amide bonds. The molecule has 0 atom stereocenters. The third-order valence-electron chi connectivity index (χ3n) is 3.09. The number of aliphatic hydroxyl groups excluding tert-OH is 1. The van der Waals surface area contributed by atoms with Crippen LogP contribution in [0.2, 0.25) is 0 Å². The molecule has 0 radical (unpaired) electrons. The molecule has 108 valence electrons. The van der Waals surface area contributed by atoms with Gasteiger partial charge in [0.2, 0.25) is 0 Å². The molecule has 6 nitrogen and oxygen atoms in total. The van der Waals surface area contributed by atoms with Gasteiger partial charge in [-0.25, -0.2) is 4.68 Å². The third-order valence-corrected chi connectivity index (χ3v) is 3.09. The largest absolute Gasteiger partial charge is 0.493 e. The highest BCUT2D eigenvalue weighted by Crippen LogP contribution is 2.29. The second-order valence-electron chi connectivity index (χ2n) is 4.34. The molecular weight excluding hydrogens is 258 g/mol. The van der Waals surface area contributed by atoms with Crippen molar-refractivity contribution in [1.29, 1.82) is 0 Å². The number of benzene rings is 1. The van der Waals surface area contributed by atoms with Crippen molar-refractivity contribution >= 4 is 0 Å². The molecule has 0 aliphatic heterocycles. The van der Waals surface area contributed by atoms with Crippen LogP contribution >= 0.6 is 0 Å². The van der Waals surface area contributed by atoms with Crippen molar-refractivity contribution in [1.82, 2.24) is 15.0 Å². The average molecular weight is 277 g/mol. The van der Waals surface area contributed by atoms with Crippen LogP contribution in [0.4, 0.5) is 0 Å². The van der Waals surface area contributed by atoms with E-state index in [9.17, 15) is 5.11 Å². The van der Waals surface area contributed by atoms with Crippen molar-refractivity contribution in [2.24, 2.45) is 0 Å². The van der Waals surface area contributed by atoms with Gasteiger partial charge in [-0.1, -0.05) is 18.6 Å². The molecule has 0 bridgehead atoms. The van der Waals surface area contributed by atoms with Crippen molar-refractivity contribution in [2.75, 3.05) is 14.2 Å². The normalized spacial score (nSPS) is 10.6. The number of methoxy groups -OCH3 is 2. The van der Waals surface area contributed by atoms with Gasteiger partial charge in [-0.05, 0) is 18.6 Å². The molecule has 20 heavy (non-hydrogen) atoms. The van der Waals surface area contributed by atoms with Crippen LogP contribution in [0.3, 0.4) is 0 Å². The lowest BCUT2D eigenvalue weighted by Gasteiger charge is -2.11. The second-order valence-corrected chi connectivity index (χ2v) is 4.34. The maximum absolute atomic E-state index is 9.33. The fourth-order valence-corrected chi connectivity index (χ4v) is 2.11. The van der Waals surface area contributed by atoms with Crippen LogP contribution in [-0.4, -0.2) is 34.3 Å². The molecular formula is C14H19N3O3. The molecule has 2 aromatic rings. The highest BCUT2D eigenvalue weighted by atomic mass is 16.5. The van der Waals surface area contributed by atoms with E-state index in [2.05, 4.69) is 17.2 Å². The summed E-state index contributed by atoms with van der Waals surface area (Å²) in [7, 11) is 3.19. The van der Waals surface area contributed by atoms with Gasteiger partial charge in [0, 0.05) is 6.07 Å². The molecule has 0 unspecified atom stereocenters. The lowest BCUT2D eigenvalue weighted by molar-refractivity contribution is 0.275. The highest BCUT2D eigenvalue weighted by molar-refractivity contribution is 5.49. The Morgan fingerprint density at radius 2 is 1.95 bits per heavy atom. The van der Waals surface area contributed by atoms with Crippen LogP contribution in [0.15, 0.2) is 18.2 Å². The van der Waals surface area contributed by atoms with Gasteiger partial charge in [-0.2, -0.15) is 0 Å². The Bertz CT molecular complexity index is 581. The van der Waals surface area contributed by atoms with Gasteiger partial charge in [0.25, 0.3) is 0 Å². The maximum atomic E-state index is 9.33. The van der Waals surface area contributed by atoms with Crippen LogP contribution in [0.25, 0.3) is 5.69 Å². The average Bonchev–Trinajstić information content (AvgIpc) is 2.89. The maximum Gasteiger partial charge on any atom is 0.162 e.